The van der Waals surface area contributed by atoms with Gasteiger partial charge in [0.1, 0.15) is 5.58 Å². The van der Waals surface area contributed by atoms with Crippen LogP contribution in [0.4, 0.5) is 5.69 Å². The summed E-state index contributed by atoms with van der Waals surface area (Å²) >= 11 is 0. The monoisotopic (exact) mass is 311 g/mol. The van der Waals surface area contributed by atoms with Gasteiger partial charge < -0.3 is 9.15 Å². The molecular weight excluding hydrogens is 298 g/mol. The lowest BCUT2D eigenvalue weighted by atomic mass is 9.81. The van der Waals surface area contributed by atoms with Crippen molar-refractivity contribution < 1.29 is 18.7 Å². The van der Waals surface area contributed by atoms with E-state index in [9.17, 15) is 14.4 Å². The molecule has 116 valence electrons. The summed E-state index contributed by atoms with van der Waals surface area (Å²) in [6, 6.07) is 7.92. The van der Waals surface area contributed by atoms with E-state index in [0.29, 0.717) is 16.7 Å². The lowest BCUT2D eigenvalue weighted by Gasteiger charge is -2.17. The maximum atomic E-state index is 12.7. The third-order valence-electron chi connectivity index (χ3n) is 5.15. The van der Waals surface area contributed by atoms with Crippen molar-refractivity contribution in [1.29, 1.82) is 0 Å². The molecule has 4 unspecified atom stereocenters. The maximum Gasteiger partial charge on any atom is 0.336 e. The topological polar surface area (TPSA) is 76.8 Å². The molecule has 0 radical (unpaired) electrons. The summed E-state index contributed by atoms with van der Waals surface area (Å²) in [5.74, 6) is -1.04. The lowest BCUT2D eigenvalue weighted by molar-refractivity contribution is -0.124. The number of imide groups is 1. The van der Waals surface area contributed by atoms with E-state index in [1.807, 2.05) is 0 Å². The molecule has 23 heavy (non-hydrogen) atoms. The van der Waals surface area contributed by atoms with E-state index in [1.54, 1.807) is 24.3 Å². The van der Waals surface area contributed by atoms with Gasteiger partial charge in [-0.3, -0.25) is 9.59 Å². The number of ether oxygens (including phenoxy) is 1. The van der Waals surface area contributed by atoms with Crippen LogP contribution >= 0.6 is 0 Å². The van der Waals surface area contributed by atoms with Gasteiger partial charge in [0.25, 0.3) is 0 Å². The largest absolute Gasteiger partial charge is 0.423 e. The third-order valence-corrected chi connectivity index (χ3v) is 5.15. The van der Waals surface area contributed by atoms with Crippen LogP contribution in [0.1, 0.15) is 12.8 Å². The van der Waals surface area contributed by atoms with Crippen LogP contribution in [-0.4, -0.2) is 24.0 Å². The first kappa shape index (κ1) is 13.0. The fourth-order valence-electron chi connectivity index (χ4n) is 4.16. The number of hydrogen-bond donors (Lipinski definition) is 0. The van der Waals surface area contributed by atoms with Crippen LogP contribution in [-0.2, 0) is 14.3 Å². The number of carbonyl (C=O) groups is 2. The molecule has 0 aliphatic carbocycles. The molecule has 2 amide bonds. The predicted molar refractivity (Wildman–Crippen MR) is 79.9 cm³/mol. The van der Waals surface area contributed by atoms with Crippen molar-refractivity contribution in [3.63, 3.8) is 0 Å². The maximum absolute atomic E-state index is 12.7. The molecule has 3 fully saturated rings. The Morgan fingerprint density at radius 3 is 2.30 bits per heavy atom. The van der Waals surface area contributed by atoms with Gasteiger partial charge in [0.05, 0.1) is 29.7 Å². The van der Waals surface area contributed by atoms with Crippen LogP contribution in [0.15, 0.2) is 39.5 Å². The first-order valence-corrected chi connectivity index (χ1v) is 7.71. The van der Waals surface area contributed by atoms with E-state index in [0.717, 1.165) is 12.8 Å². The molecule has 6 nitrogen and oxygen atoms in total. The first-order chi connectivity index (χ1) is 11.1. The Bertz CT molecular complexity index is 889. The standard InChI is InChI=1S/C17H13NO5/c19-13-6-1-8-7-9(2-3-10(8)23-13)18-16(20)14-11-4-5-12(22-11)15(14)17(18)21/h1-3,6-7,11-12,14-15H,4-5H2. The predicted octanol–water partition coefficient (Wildman–Crippen LogP) is 1.46. The number of rotatable bonds is 1. The highest BCUT2D eigenvalue weighted by Crippen LogP contribution is 2.49. The van der Waals surface area contributed by atoms with E-state index in [-0.39, 0.29) is 35.9 Å². The van der Waals surface area contributed by atoms with Crippen molar-refractivity contribution in [2.75, 3.05) is 4.90 Å². The molecule has 3 saturated heterocycles. The van der Waals surface area contributed by atoms with E-state index < -0.39 is 5.63 Å². The van der Waals surface area contributed by atoms with Crippen molar-refractivity contribution in [2.45, 2.75) is 25.0 Å². The highest BCUT2D eigenvalue weighted by Gasteiger charge is 2.62. The summed E-state index contributed by atoms with van der Waals surface area (Å²) in [6.45, 7) is 0. The average molecular weight is 311 g/mol. The third kappa shape index (κ3) is 1.64. The Hall–Kier alpha value is -2.47. The molecule has 3 aliphatic heterocycles. The Kier molecular flexibility index (Phi) is 2.43. The molecule has 5 rings (SSSR count). The van der Waals surface area contributed by atoms with E-state index in [2.05, 4.69) is 0 Å². The molecule has 6 heteroatoms. The average Bonchev–Trinajstić information content (AvgIpc) is 3.21. The van der Waals surface area contributed by atoms with Crippen LogP contribution < -0.4 is 10.5 Å². The lowest BCUT2D eigenvalue weighted by Crippen LogP contribution is -2.34. The van der Waals surface area contributed by atoms with E-state index >= 15 is 0 Å². The molecule has 4 heterocycles. The first-order valence-electron chi connectivity index (χ1n) is 7.71. The quantitative estimate of drug-likeness (QED) is 0.588. The number of anilines is 1. The molecule has 0 saturated carbocycles. The molecule has 1 aromatic carbocycles. The highest BCUT2D eigenvalue weighted by atomic mass is 16.5. The van der Waals surface area contributed by atoms with Crippen LogP contribution in [0.3, 0.4) is 0 Å². The summed E-state index contributed by atoms with van der Waals surface area (Å²) in [7, 11) is 0. The van der Waals surface area contributed by atoms with Gasteiger partial charge in [-0.25, -0.2) is 9.69 Å². The number of amides is 2. The fourth-order valence-corrected chi connectivity index (χ4v) is 4.16. The fraction of sp³-hybridized carbons (Fsp3) is 0.353. The molecular formula is C17H13NO5. The van der Waals surface area contributed by atoms with Crippen LogP contribution in [0.5, 0.6) is 0 Å². The second-order valence-electron chi connectivity index (χ2n) is 6.33. The normalized spacial score (nSPS) is 32.1. The minimum Gasteiger partial charge on any atom is -0.423 e. The Morgan fingerprint density at radius 2 is 1.61 bits per heavy atom. The minimum absolute atomic E-state index is 0.120. The van der Waals surface area contributed by atoms with Gasteiger partial charge in [-0.15, -0.1) is 0 Å². The molecule has 1 aromatic heterocycles. The van der Waals surface area contributed by atoms with Gasteiger partial charge in [0.2, 0.25) is 11.8 Å². The van der Waals surface area contributed by atoms with Crippen molar-refractivity contribution in [3.8, 4) is 0 Å². The Balaban J connectivity index is 1.59. The molecule has 0 N–H and O–H groups in total. The van der Waals surface area contributed by atoms with Gasteiger partial charge in [-0.1, -0.05) is 0 Å². The number of fused-ring (bicyclic) bond motifs is 6. The number of hydrogen-bond acceptors (Lipinski definition) is 5. The van der Waals surface area contributed by atoms with Crippen LogP contribution in [0.25, 0.3) is 11.0 Å². The zero-order chi connectivity index (χ0) is 15.7. The van der Waals surface area contributed by atoms with Gasteiger partial charge in [-0.2, -0.15) is 0 Å². The van der Waals surface area contributed by atoms with E-state index in [4.69, 9.17) is 9.15 Å². The van der Waals surface area contributed by atoms with Crippen molar-refractivity contribution >= 4 is 28.5 Å². The summed E-state index contributed by atoms with van der Waals surface area (Å²) in [6.07, 6.45) is 1.46. The van der Waals surface area contributed by atoms with Crippen molar-refractivity contribution in [2.24, 2.45) is 11.8 Å². The van der Waals surface area contributed by atoms with Gasteiger partial charge in [0.15, 0.2) is 0 Å². The second-order valence-corrected chi connectivity index (χ2v) is 6.33. The van der Waals surface area contributed by atoms with Crippen LogP contribution in [0.2, 0.25) is 0 Å². The zero-order valence-corrected chi connectivity index (χ0v) is 12.1. The molecule has 4 atom stereocenters. The van der Waals surface area contributed by atoms with E-state index in [1.165, 1.54) is 11.0 Å². The minimum atomic E-state index is -0.429. The smallest absolute Gasteiger partial charge is 0.336 e. The SMILES string of the molecule is O=C1C2C3CCC(O3)C2C(=O)N1c1ccc2oc(=O)ccc2c1. The molecule has 3 aliphatic rings. The summed E-state index contributed by atoms with van der Waals surface area (Å²) in [5, 5.41) is 0.680. The number of benzene rings is 1. The van der Waals surface area contributed by atoms with Crippen molar-refractivity contribution in [1.82, 2.24) is 0 Å². The summed E-state index contributed by atoms with van der Waals surface area (Å²) < 4.78 is 10.8. The molecule has 2 aromatic rings. The van der Waals surface area contributed by atoms with Gasteiger partial charge >= 0.3 is 5.63 Å². The highest BCUT2D eigenvalue weighted by molar-refractivity contribution is 6.23. The Morgan fingerprint density at radius 1 is 0.913 bits per heavy atom. The summed E-state index contributed by atoms with van der Waals surface area (Å²) in [4.78, 5) is 38.0. The number of carbonyl (C=O) groups excluding carboxylic acids is 2. The summed E-state index contributed by atoms with van der Waals surface area (Å²) in [5.41, 5.74) is 0.529. The Labute approximate surface area is 130 Å². The molecule has 0 spiro atoms. The zero-order valence-electron chi connectivity index (χ0n) is 12.1. The van der Waals surface area contributed by atoms with Crippen LogP contribution in [0, 0.1) is 11.8 Å². The van der Waals surface area contributed by atoms with Gasteiger partial charge in [-0.05, 0) is 37.1 Å². The molecule has 2 bridgehead atoms. The number of nitrogens with zero attached hydrogens (tertiary/aromatic N) is 1. The van der Waals surface area contributed by atoms with Crippen molar-refractivity contribution in [3.05, 3.63) is 40.8 Å². The van der Waals surface area contributed by atoms with Gasteiger partial charge in [0, 0.05) is 11.5 Å². The second kappa shape index (κ2) is 4.29.